The van der Waals surface area contributed by atoms with Gasteiger partial charge in [0.15, 0.2) is 11.5 Å². The number of hydrogen-bond acceptors (Lipinski definition) is 6. The fourth-order valence-corrected chi connectivity index (χ4v) is 3.60. The van der Waals surface area contributed by atoms with Crippen molar-refractivity contribution in [2.75, 3.05) is 7.11 Å². The summed E-state index contributed by atoms with van der Waals surface area (Å²) in [7, 11) is 1.60. The van der Waals surface area contributed by atoms with Gasteiger partial charge in [0.2, 0.25) is 0 Å². The Balaban J connectivity index is 1.45. The predicted octanol–water partition coefficient (Wildman–Crippen LogP) is 3.77. The summed E-state index contributed by atoms with van der Waals surface area (Å²) in [5.41, 5.74) is 7.72. The van der Waals surface area contributed by atoms with E-state index >= 15 is 0 Å². The van der Waals surface area contributed by atoms with Crippen LogP contribution in [-0.4, -0.2) is 32.6 Å². The summed E-state index contributed by atoms with van der Waals surface area (Å²) in [6.45, 7) is 0.157. The molecule has 33 heavy (non-hydrogen) atoms. The van der Waals surface area contributed by atoms with E-state index in [1.807, 2.05) is 18.2 Å². The number of carbonyl (C=O) groups excluding carboxylic acids is 1. The number of amides is 1. The van der Waals surface area contributed by atoms with Gasteiger partial charge in [-0.3, -0.25) is 14.2 Å². The average molecular weight is 443 g/mol. The molecule has 2 N–H and O–H groups in total. The maximum Gasteiger partial charge on any atom is 0.251 e. The molecule has 5 aromatic rings. The van der Waals surface area contributed by atoms with Crippen molar-refractivity contribution in [3.63, 3.8) is 0 Å². The summed E-state index contributed by atoms with van der Waals surface area (Å²) in [4.78, 5) is 15.7. The number of aromatic nitrogens is 4. The van der Waals surface area contributed by atoms with Crippen molar-refractivity contribution in [3.8, 4) is 22.6 Å². The van der Waals surface area contributed by atoms with Crippen molar-refractivity contribution >= 4 is 22.5 Å². The summed E-state index contributed by atoms with van der Waals surface area (Å²) in [6, 6.07) is 15.2. The molecule has 9 heteroatoms. The number of hydrogen-bond donors (Lipinski definition) is 1. The number of nitrogens with two attached hydrogens (primary N) is 1. The van der Waals surface area contributed by atoms with E-state index in [1.165, 1.54) is 12.1 Å². The summed E-state index contributed by atoms with van der Waals surface area (Å²) < 4.78 is 27.3. The molecule has 2 aromatic carbocycles. The lowest BCUT2D eigenvalue weighted by atomic mass is 10.0. The Labute approximate surface area is 187 Å². The SMILES string of the molecule is COc1ccc2c(OCc3nnc4ccc(-c5ccc(C(N)=O)c(F)c5)cn34)ccnc2c1. The minimum atomic E-state index is -0.810. The predicted molar refractivity (Wildman–Crippen MR) is 120 cm³/mol. The molecule has 0 saturated carbocycles. The van der Waals surface area contributed by atoms with Gasteiger partial charge in [0.05, 0.1) is 18.2 Å². The molecule has 0 aliphatic carbocycles. The number of fused-ring (bicyclic) bond motifs is 2. The number of nitrogens with zero attached hydrogens (tertiary/aromatic N) is 4. The van der Waals surface area contributed by atoms with Crippen LogP contribution in [0, 0.1) is 5.82 Å². The van der Waals surface area contributed by atoms with Crippen LogP contribution in [-0.2, 0) is 6.61 Å². The fraction of sp³-hybridized carbons (Fsp3) is 0.0833. The normalized spacial score (nSPS) is 11.1. The van der Waals surface area contributed by atoms with Crippen LogP contribution in [0.2, 0.25) is 0 Å². The third kappa shape index (κ3) is 3.80. The third-order valence-electron chi connectivity index (χ3n) is 5.31. The van der Waals surface area contributed by atoms with Gasteiger partial charge >= 0.3 is 0 Å². The van der Waals surface area contributed by atoms with E-state index in [9.17, 15) is 9.18 Å². The summed E-state index contributed by atoms with van der Waals surface area (Å²) in [6.07, 6.45) is 3.46. The molecule has 0 saturated heterocycles. The highest BCUT2D eigenvalue weighted by atomic mass is 19.1. The second-order valence-corrected chi connectivity index (χ2v) is 7.30. The quantitative estimate of drug-likeness (QED) is 0.428. The van der Waals surface area contributed by atoms with Crippen LogP contribution in [0.3, 0.4) is 0 Å². The minimum Gasteiger partial charge on any atom is -0.497 e. The second kappa shape index (κ2) is 8.19. The van der Waals surface area contributed by atoms with Gasteiger partial charge in [-0.2, -0.15) is 0 Å². The van der Waals surface area contributed by atoms with E-state index < -0.39 is 11.7 Å². The number of methoxy groups -OCH3 is 1. The molecule has 1 amide bonds. The van der Waals surface area contributed by atoms with Crippen molar-refractivity contribution in [2.45, 2.75) is 6.61 Å². The molecule has 0 aliphatic heterocycles. The molecule has 0 spiro atoms. The molecule has 0 bridgehead atoms. The van der Waals surface area contributed by atoms with E-state index in [0.717, 1.165) is 16.5 Å². The second-order valence-electron chi connectivity index (χ2n) is 7.30. The summed E-state index contributed by atoms with van der Waals surface area (Å²) in [5, 5.41) is 9.24. The van der Waals surface area contributed by atoms with E-state index in [1.54, 1.807) is 48.2 Å². The van der Waals surface area contributed by atoms with Crippen LogP contribution < -0.4 is 15.2 Å². The van der Waals surface area contributed by atoms with E-state index in [0.29, 0.717) is 28.5 Å². The smallest absolute Gasteiger partial charge is 0.251 e. The molecule has 5 rings (SSSR count). The van der Waals surface area contributed by atoms with Crippen molar-refractivity contribution in [2.24, 2.45) is 5.73 Å². The number of carbonyl (C=O) groups is 1. The van der Waals surface area contributed by atoms with Gasteiger partial charge in [-0.1, -0.05) is 6.07 Å². The first-order valence-corrected chi connectivity index (χ1v) is 10.0. The summed E-state index contributed by atoms with van der Waals surface area (Å²) in [5.74, 6) is 0.450. The Morgan fingerprint density at radius 3 is 2.70 bits per heavy atom. The van der Waals surface area contributed by atoms with Gasteiger partial charge in [0.25, 0.3) is 5.91 Å². The van der Waals surface area contributed by atoms with Crippen LogP contribution in [0.25, 0.3) is 27.7 Å². The Hall–Kier alpha value is -4.53. The van der Waals surface area contributed by atoms with Gasteiger partial charge in [-0.25, -0.2) is 4.39 Å². The standard InChI is InChI=1S/C24H18FN5O3/c1-32-16-4-6-18-20(11-16)27-9-8-21(18)33-13-23-29-28-22-7-3-15(12-30(22)23)14-2-5-17(24(26)31)19(25)10-14/h2-12H,13H2,1H3,(H2,26,31). The number of primary amides is 1. The zero-order valence-corrected chi connectivity index (χ0v) is 17.5. The number of benzene rings is 2. The van der Waals surface area contributed by atoms with Crippen molar-refractivity contribution < 1.29 is 18.7 Å². The maximum absolute atomic E-state index is 14.2. The highest BCUT2D eigenvalue weighted by Gasteiger charge is 2.13. The fourth-order valence-electron chi connectivity index (χ4n) is 3.60. The highest BCUT2D eigenvalue weighted by molar-refractivity contribution is 5.93. The van der Waals surface area contributed by atoms with Crippen LogP contribution in [0.4, 0.5) is 4.39 Å². The lowest BCUT2D eigenvalue weighted by molar-refractivity contribution is 0.0996. The van der Waals surface area contributed by atoms with Crippen LogP contribution >= 0.6 is 0 Å². The van der Waals surface area contributed by atoms with Gasteiger partial charge < -0.3 is 15.2 Å². The Morgan fingerprint density at radius 1 is 1.06 bits per heavy atom. The van der Waals surface area contributed by atoms with Gasteiger partial charge in [-0.05, 0) is 53.6 Å². The molecule has 0 atom stereocenters. The molecule has 3 aromatic heterocycles. The van der Waals surface area contributed by atoms with Crippen LogP contribution in [0.15, 0.2) is 67.0 Å². The first-order chi connectivity index (χ1) is 16.0. The summed E-state index contributed by atoms with van der Waals surface area (Å²) >= 11 is 0. The Kier molecular flexibility index (Phi) is 5.06. The van der Waals surface area contributed by atoms with Crippen molar-refractivity contribution in [1.29, 1.82) is 0 Å². The first kappa shape index (κ1) is 20.4. The van der Waals surface area contributed by atoms with Crippen molar-refractivity contribution in [1.82, 2.24) is 19.6 Å². The molecule has 0 unspecified atom stereocenters. The number of pyridine rings is 2. The highest BCUT2D eigenvalue weighted by Crippen LogP contribution is 2.28. The van der Waals surface area contributed by atoms with Crippen molar-refractivity contribution in [3.05, 3.63) is 84.2 Å². The molecular weight excluding hydrogens is 425 g/mol. The zero-order valence-electron chi connectivity index (χ0n) is 17.5. The maximum atomic E-state index is 14.2. The van der Waals surface area contributed by atoms with Gasteiger partial charge in [0.1, 0.15) is 23.9 Å². The molecular formula is C24H18FN5O3. The molecule has 164 valence electrons. The van der Waals surface area contributed by atoms with E-state index in [-0.39, 0.29) is 12.2 Å². The van der Waals surface area contributed by atoms with Crippen LogP contribution in [0.1, 0.15) is 16.2 Å². The lowest BCUT2D eigenvalue weighted by Gasteiger charge is -2.10. The zero-order chi connectivity index (χ0) is 22.9. The Morgan fingerprint density at radius 2 is 1.91 bits per heavy atom. The Bertz CT molecular complexity index is 1520. The molecule has 0 fully saturated rings. The largest absolute Gasteiger partial charge is 0.497 e. The van der Waals surface area contributed by atoms with E-state index in [2.05, 4.69) is 15.2 Å². The number of ether oxygens (including phenoxy) is 2. The first-order valence-electron chi connectivity index (χ1n) is 10.0. The molecule has 8 nitrogen and oxygen atoms in total. The van der Waals surface area contributed by atoms with Crippen LogP contribution in [0.5, 0.6) is 11.5 Å². The number of halogens is 1. The van der Waals surface area contributed by atoms with Gasteiger partial charge in [-0.15, -0.1) is 10.2 Å². The molecule has 0 aliphatic rings. The van der Waals surface area contributed by atoms with E-state index in [4.69, 9.17) is 15.2 Å². The lowest BCUT2D eigenvalue weighted by Crippen LogP contribution is -2.12. The molecule has 3 heterocycles. The van der Waals surface area contributed by atoms with Gasteiger partial charge in [0, 0.05) is 23.8 Å². The molecule has 0 radical (unpaired) electrons. The average Bonchev–Trinajstić information content (AvgIpc) is 3.24. The topological polar surface area (TPSA) is 105 Å². The third-order valence-corrected chi connectivity index (χ3v) is 5.31. The minimum absolute atomic E-state index is 0.152. The monoisotopic (exact) mass is 443 g/mol. The number of rotatable bonds is 6.